The summed E-state index contributed by atoms with van der Waals surface area (Å²) in [4.78, 5) is 0. The number of rotatable bonds is 0. The molecule has 20 valence electrons. The third-order valence-corrected chi connectivity index (χ3v) is 5.03. The molecule has 1 spiro atoms. The van der Waals surface area contributed by atoms with Gasteiger partial charge in [-0.3, -0.25) is 0 Å². The Morgan fingerprint density at radius 3 is 1.20 bits per heavy atom. The number of hydrogen-bond donors (Lipinski definition) is 0. The molecule has 0 nitrogen and oxygen atoms in total. The summed E-state index contributed by atoms with van der Waals surface area (Å²) < 4.78 is 12.1. The van der Waals surface area contributed by atoms with Crippen molar-refractivity contribution in [1.29, 1.82) is 0 Å². The molecule has 2 aliphatic rings. The Bertz CT molecular complexity index is 150. The van der Waals surface area contributed by atoms with E-state index in [0.717, 1.165) is 0 Å². The molecule has 0 amide bonds. The van der Waals surface area contributed by atoms with Crippen LogP contribution in [0.25, 0.3) is 0 Å². The normalized spacial score (nSPS) is 25.6. The molecule has 0 N–H and O–H groups in total. The van der Waals surface area contributed by atoms with Crippen LogP contribution in [0.5, 0.6) is 0 Å². The van der Waals surface area contributed by atoms with Crippen molar-refractivity contribution in [3.8, 4) is 15.7 Å². The van der Waals surface area contributed by atoms with Crippen LogP contribution in [0.1, 0.15) is 0 Å². The van der Waals surface area contributed by atoms with Crippen molar-refractivity contribution < 1.29 is 0 Å². The maximum absolute atomic E-state index is 3.02. The van der Waals surface area contributed by atoms with Gasteiger partial charge in [0.15, 0.2) is 0 Å². The van der Waals surface area contributed by atoms with E-state index in [2.05, 4.69) is 15.7 Å². The quantitative estimate of drug-likeness (QED) is 0.340. The molecular formula is C4Sn. The predicted octanol–water partition coefficient (Wildman–Crippen LogP) is -0.374. The molecule has 0 atom stereocenters. The summed E-state index contributed by atoms with van der Waals surface area (Å²) in [6.07, 6.45) is 0. The fourth-order valence-electron chi connectivity index (χ4n) is 0.250. The van der Waals surface area contributed by atoms with Crippen molar-refractivity contribution in [2.75, 3.05) is 0 Å². The topological polar surface area (TPSA) is 0 Å². The molecule has 0 aliphatic carbocycles. The van der Waals surface area contributed by atoms with Crippen LogP contribution >= 0.6 is 0 Å². The van der Waals surface area contributed by atoms with Crippen LogP contribution in [0.4, 0.5) is 0 Å². The Morgan fingerprint density at radius 1 is 0.800 bits per heavy atom. The fraction of sp³-hybridized carbons (Fsp3) is 0. The Morgan fingerprint density at radius 2 is 1.20 bits per heavy atom. The molecule has 0 aromatic rings. The minimum atomic E-state index is -1.68. The molecule has 0 aromatic heterocycles. The molecule has 2 heterocycles. The Kier molecular flexibility index (Phi) is 0.146. The standard InChI is InChI=1S/2C2.Sn/c2*1-2;. The monoisotopic (exact) mass is 168 g/mol. The second kappa shape index (κ2) is 0.339. The molecule has 0 saturated heterocycles. The van der Waals surface area contributed by atoms with E-state index in [9.17, 15) is 0 Å². The first-order valence-corrected chi connectivity index (χ1v) is 7.21. The molecule has 0 saturated carbocycles. The van der Waals surface area contributed by atoms with E-state index in [0.29, 0.717) is 0 Å². The van der Waals surface area contributed by atoms with E-state index >= 15 is 0 Å². The van der Waals surface area contributed by atoms with Gasteiger partial charge in [0.1, 0.15) is 0 Å². The van der Waals surface area contributed by atoms with Crippen LogP contribution in [0.3, 0.4) is 0 Å². The van der Waals surface area contributed by atoms with Crippen molar-refractivity contribution in [2.45, 2.75) is 0 Å². The van der Waals surface area contributed by atoms with Gasteiger partial charge in [0, 0.05) is 0 Å². The van der Waals surface area contributed by atoms with Gasteiger partial charge in [-0.2, -0.15) is 0 Å². The summed E-state index contributed by atoms with van der Waals surface area (Å²) in [5.41, 5.74) is 0. The van der Waals surface area contributed by atoms with Gasteiger partial charge in [0.05, 0.1) is 0 Å². The van der Waals surface area contributed by atoms with E-state index in [4.69, 9.17) is 0 Å². The van der Waals surface area contributed by atoms with Gasteiger partial charge in [-0.1, -0.05) is 0 Å². The summed E-state index contributed by atoms with van der Waals surface area (Å²) in [7, 11) is 0. The van der Waals surface area contributed by atoms with Gasteiger partial charge in [0.25, 0.3) is 0 Å². The van der Waals surface area contributed by atoms with Crippen molar-refractivity contribution in [1.82, 2.24) is 0 Å². The predicted molar refractivity (Wildman–Crippen MR) is 21.3 cm³/mol. The molecule has 2 rings (SSSR count). The second-order valence-corrected chi connectivity index (χ2v) is 8.39. The Balaban J connectivity index is 2.48. The summed E-state index contributed by atoms with van der Waals surface area (Å²) >= 11 is -1.68. The van der Waals surface area contributed by atoms with Gasteiger partial charge in [-0.05, 0) is 0 Å². The second-order valence-electron chi connectivity index (χ2n) is 1.25. The zero-order valence-corrected chi connectivity index (χ0v) is 5.35. The first kappa shape index (κ1) is 2.16. The first-order chi connectivity index (χ1) is 2.41. The zero-order chi connectivity index (χ0) is 3.33. The maximum atomic E-state index is 3.02. The van der Waals surface area contributed by atoms with Gasteiger partial charge in [-0.25, -0.2) is 0 Å². The molecule has 0 aromatic carbocycles. The van der Waals surface area contributed by atoms with E-state index < -0.39 is 18.4 Å². The van der Waals surface area contributed by atoms with Gasteiger partial charge in [-0.15, -0.1) is 0 Å². The van der Waals surface area contributed by atoms with Crippen LogP contribution in [-0.2, 0) is 0 Å². The summed E-state index contributed by atoms with van der Waals surface area (Å²) in [5.74, 6) is 0. The Labute approximate surface area is 34.4 Å². The summed E-state index contributed by atoms with van der Waals surface area (Å²) in [5, 5.41) is 0. The molecule has 0 bridgehead atoms. The molecule has 0 unspecified atom stereocenters. The van der Waals surface area contributed by atoms with Crippen LogP contribution in [0, 0.1) is 15.7 Å². The fourth-order valence-corrected chi connectivity index (χ4v) is 6.46. The molecule has 0 radical (unpaired) electrons. The van der Waals surface area contributed by atoms with Gasteiger partial charge in [0.2, 0.25) is 0 Å². The average Bonchev–Trinajstić information content (AvgIpc) is 2.17. The van der Waals surface area contributed by atoms with E-state index in [1.165, 1.54) is 0 Å². The van der Waals surface area contributed by atoms with Gasteiger partial charge >= 0.3 is 34.1 Å². The average molecular weight is 167 g/mol. The Hall–Kier alpha value is -0.0813. The molecule has 0 fully saturated rings. The third kappa shape index (κ3) is 0.147. The van der Waals surface area contributed by atoms with E-state index in [-0.39, 0.29) is 0 Å². The van der Waals surface area contributed by atoms with Crippen molar-refractivity contribution in [2.24, 2.45) is 0 Å². The van der Waals surface area contributed by atoms with Crippen LogP contribution < -0.4 is 0 Å². The first-order valence-electron chi connectivity index (χ1n) is 1.50. The van der Waals surface area contributed by atoms with Crippen LogP contribution in [0.2, 0.25) is 0 Å². The van der Waals surface area contributed by atoms with Crippen LogP contribution in [0.15, 0.2) is 0 Å². The third-order valence-electron chi connectivity index (χ3n) is 0.750. The van der Waals surface area contributed by atoms with Crippen LogP contribution in [-0.4, -0.2) is 18.4 Å². The van der Waals surface area contributed by atoms with E-state index in [1.807, 2.05) is 0 Å². The zero-order valence-electron chi connectivity index (χ0n) is 2.50. The minimum absolute atomic E-state index is 1.68. The summed E-state index contributed by atoms with van der Waals surface area (Å²) in [6.45, 7) is 0. The van der Waals surface area contributed by atoms with Crippen molar-refractivity contribution >= 4 is 18.4 Å². The van der Waals surface area contributed by atoms with Gasteiger partial charge < -0.3 is 0 Å². The van der Waals surface area contributed by atoms with E-state index in [1.54, 1.807) is 0 Å². The molecule has 2 aliphatic heterocycles. The SMILES string of the molecule is [C]1#[C][Sn]12[C]#[C]2. The molecule has 5 heavy (non-hydrogen) atoms. The molecular weight excluding hydrogens is 167 g/mol. The molecule has 1 heteroatoms. The van der Waals surface area contributed by atoms with Crippen molar-refractivity contribution in [3.05, 3.63) is 0 Å². The van der Waals surface area contributed by atoms with Crippen molar-refractivity contribution in [3.63, 3.8) is 0 Å². The number of hydrogen-bond acceptors (Lipinski definition) is 0. The summed E-state index contributed by atoms with van der Waals surface area (Å²) in [6, 6.07) is 0.